The second-order valence-electron chi connectivity index (χ2n) is 9.26. The van der Waals surface area contributed by atoms with Crippen LogP contribution < -0.4 is 10.2 Å². The van der Waals surface area contributed by atoms with Gasteiger partial charge in [-0.05, 0) is 38.8 Å². The van der Waals surface area contributed by atoms with E-state index in [1.54, 1.807) is 18.1 Å². The van der Waals surface area contributed by atoms with Gasteiger partial charge in [0.25, 0.3) is 5.91 Å². The van der Waals surface area contributed by atoms with Crippen molar-refractivity contribution in [2.45, 2.75) is 46.4 Å². The van der Waals surface area contributed by atoms with Gasteiger partial charge >= 0.3 is 6.09 Å². The zero-order valence-corrected chi connectivity index (χ0v) is 20.4. The molecule has 2 aromatic rings. The number of aromatic nitrogens is 2. The van der Waals surface area contributed by atoms with Gasteiger partial charge in [0.2, 0.25) is 5.95 Å². The number of anilines is 2. The number of amides is 2. The Bertz CT molecular complexity index is 987. The molecule has 178 valence electrons. The summed E-state index contributed by atoms with van der Waals surface area (Å²) >= 11 is 0. The molecule has 1 aromatic heterocycles. The second-order valence-corrected chi connectivity index (χ2v) is 9.26. The lowest BCUT2D eigenvalue weighted by Crippen LogP contribution is -2.34. The minimum absolute atomic E-state index is 0.0777. The quantitative estimate of drug-likeness (QED) is 0.716. The van der Waals surface area contributed by atoms with Crippen molar-refractivity contribution in [1.29, 1.82) is 0 Å². The Kier molecular flexibility index (Phi) is 7.40. The van der Waals surface area contributed by atoms with Crippen molar-refractivity contribution >= 4 is 23.8 Å². The number of nitrogens with one attached hydrogen (secondary N) is 1. The van der Waals surface area contributed by atoms with Crippen LogP contribution in [0.5, 0.6) is 0 Å². The molecule has 1 aromatic carbocycles. The summed E-state index contributed by atoms with van der Waals surface area (Å²) in [5, 5.41) is 3.09. The van der Waals surface area contributed by atoms with Crippen molar-refractivity contribution in [2.24, 2.45) is 0 Å². The van der Waals surface area contributed by atoms with Crippen LogP contribution >= 0.6 is 0 Å². The van der Waals surface area contributed by atoms with Crippen molar-refractivity contribution in [2.75, 3.05) is 43.9 Å². The lowest BCUT2D eigenvalue weighted by Gasteiger charge is -2.25. The fourth-order valence-electron chi connectivity index (χ4n) is 3.51. The average Bonchev–Trinajstić information content (AvgIpc) is 2.86. The highest BCUT2D eigenvalue weighted by Gasteiger charge is 2.27. The molecule has 0 saturated heterocycles. The number of likely N-dealkylation sites (N-methyl/N-ethyl adjacent to an activating group) is 1. The van der Waals surface area contributed by atoms with Gasteiger partial charge in [-0.25, -0.2) is 9.78 Å². The number of hydrogen-bond donors (Lipinski definition) is 1. The maximum absolute atomic E-state index is 13.2. The van der Waals surface area contributed by atoms with Crippen LogP contribution in [0.1, 0.15) is 49.2 Å². The van der Waals surface area contributed by atoms with Gasteiger partial charge in [0.15, 0.2) is 0 Å². The molecule has 1 aliphatic heterocycles. The van der Waals surface area contributed by atoms with Crippen LogP contribution in [0.4, 0.5) is 16.6 Å². The predicted molar refractivity (Wildman–Crippen MR) is 128 cm³/mol. The normalized spacial score (nSPS) is 13.9. The topological polar surface area (TPSA) is 90.9 Å². The molecule has 0 aliphatic carbocycles. The maximum Gasteiger partial charge on any atom is 0.410 e. The molecule has 1 N–H and O–H groups in total. The Hall–Kier alpha value is -3.36. The largest absolute Gasteiger partial charge is 0.444 e. The van der Waals surface area contributed by atoms with Crippen LogP contribution in [-0.2, 0) is 17.8 Å². The van der Waals surface area contributed by atoms with E-state index in [0.717, 1.165) is 11.1 Å². The standard InChI is InChI=1S/C24H34N6O3/c1-7-25-22-26-14-19-20(27-22)28(5)12-13-30(21(19)31)16-18-10-8-17(9-11-18)15-29(6)23(32)33-24(2,3)4/h8-11,14H,7,12-13,15-16H2,1-6H3,(H,25,26,27). The molecular weight excluding hydrogens is 420 g/mol. The monoisotopic (exact) mass is 454 g/mol. The number of fused-ring (bicyclic) bond motifs is 1. The molecule has 33 heavy (non-hydrogen) atoms. The van der Waals surface area contributed by atoms with Gasteiger partial charge in [0, 0.05) is 53.0 Å². The third kappa shape index (κ3) is 6.34. The Balaban J connectivity index is 1.67. The van der Waals surface area contributed by atoms with Crippen molar-refractivity contribution in [3.8, 4) is 0 Å². The Labute approximate surface area is 195 Å². The molecule has 1 aliphatic rings. The first-order valence-electron chi connectivity index (χ1n) is 11.2. The lowest BCUT2D eigenvalue weighted by molar-refractivity contribution is 0.0285. The van der Waals surface area contributed by atoms with E-state index >= 15 is 0 Å². The van der Waals surface area contributed by atoms with Crippen LogP contribution in [0.2, 0.25) is 0 Å². The van der Waals surface area contributed by atoms with E-state index in [-0.39, 0.29) is 12.0 Å². The molecule has 0 saturated carbocycles. The highest BCUT2D eigenvalue weighted by atomic mass is 16.6. The summed E-state index contributed by atoms with van der Waals surface area (Å²) in [5.41, 5.74) is 1.99. The number of hydrogen-bond acceptors (Lipinski definition) is 7. The number of rotatable bonds is 6. The number of nitrogens with zero attached hydrogens (tertiary/aromatic N) is 5. The molecule has 0 spiro atoms. The summed E-state index contributed by atoms with van der Waals surface area (Å²) in [4.78, 5) is 39.6. The first-order chi connectivity index (χ1) is 15.6. The van der Waals surface area contributed by atoms with Crippen LogP contribution in [0, 0.1) is 0 Å². The van der Waals surface area contributed by atoms with E-state index < -0.39 is 5.60 Å². The van der Waals surface area contributed by atoms with Crippen molar-refractivity contribution in [3.05, 3.63) is 47.2 Å². The average molecular weight is 455 g/mol. The second kappa shape index (κ2) is 10.1. The van der Waals surface area contributed by atoms with E-state index in [2.05, 4.69) is 15.3 Å². The van der Waals surface area contributed by atoms with Gasteiger partial charge in [-0.1, -0.05) is 24.3 Å². The van der Waals surface area contributed by atoms with E-state index in [1.165, 1.54) is 0 Å². The van der Waals surface area contributed by atoms with Gasteiger partial charge in [0.05, 0.1) is 0 Å². The van der Waals surface area contributed by atoms with Gasteiger partial charge in [-0.3, -0.25) is 4.79 Å². The Morgan fingerprint density at radius 2 is 1.85 bits per heavy atom. The molecule has 0 atom stereocenters. The van der Waals surface area contributed by atoms with Crippen LogP contribution in [0.25, 0.3) is 0 Å². The Morgan fingerprint density at radius 3 is 2.48 bits per heavy atom. The minimum atomic E-state index is -0.527. The summed E-state index contributed by atoms with van der Waals surface area (Å²) < 4.78 is 5.40. The van der Waals surface area contributed by atoms with Crippen LogP contribution in [0.15, 0.2) is 30.5 Å². The lowest BCUT2D eigenvalue weighted by atomic mass is 10.1. The highest BCUT2D eigenvalue weighted by molar-refractivity contribution is 5.99. The molecule has 3 rings (SSSR count). The van der Waals surface area contributed by atoms with Crippen molar-refractivity contribution in [1.82, 2.24) is 19.8 Å². The molecule has 0 radical (unpaired) electrons. The number of benzene rings is 1. The van der Waals surface area contributed by atoms with Crippen LogP contribution in [0.3, 0.4) is 0 Å². The Morgan fingerprint density at radius 1 is 1.18 bits per heavy atom. The van der Waals surface area contributed by atoms with Crippen LogP contribution in [-0.4, -0.2) is 71.1 Å². The summed E-state index contributed by atoms with van der Waals surface area (Å²) in [6, 6.07) is 7.94. The van der Waals surface area contributed by atoms with E-state index in [9.17, 15) is 9.59 Å². The fourth-order valence-corrected chi connectivity index (χ4v) is 3.51. The summed E-state index contributed by atoms with van der Waals surface area (Å²) in [6.45, 7) is 10.4. The van der Waals surface area contributed by atoms with E-state index in [0.29, 0.717) is 50.1 Å². The number of ether oxygens (including phenoxy) is 1. The molecular formula is C24H34N6O3. The number of carbonyl (C=O) groups excluding carboxylic acids is 2. The van der Waals surface area contributed by atoms with Gasteiger partial charge < -0.3 is 24.8 Å². The van der Waals surface area contributed by atoms with Gasteiger partial charge in [0.1, 0.15) is 17.0 Å². The zero-order chi connectivity index (χ0) is 24.2. The van der Waals surface area contributed by atoms with E-state index in [4.69, 9.17) is 4.74 Å². The minimum Gasteiger partial charge on any atom is -0.444 e. The highest BCUT2D eigenvalue weighted by Crippen LogP contribution is 2.24. The van der Waals surface area contributed by atoms with E-state index in [1.807, 2.05) is 68.8 Å². The zero-order valence-electron chi connectivity index (χ0n) is 20.4. The predicted octanol–water partition coefficient (Wildman–Crippen LogP) is 3.37. The molecule has 2 heterocycles. The van der Waals surface area contributed by atoms with Gasteiger partial charge in [-0.2, -0.15) is 4.98 Å². The molecule has 0 bridgehead atoms. The molecule has 0 unspecified atom stereocenters. The fraction of sp³-hybridized carbons (Fsp3) is 0.500. The smallest absolute Gasteiger partial charge is 0.410 e. The third-order valence-electron chi connectivity index (χ3n) is 5.21. The third-order valence-corrected chi connectivity index (χ3v) is 5.21. The maximum atomic E-state index is 13.2. The first kappa shape index (κ1) is 24.3. The van der Waals surface area contributed by atoms with Crippen molar-refractivity contribution in [3.63, 3.8) is 0 Å². The molecule has 9 nitrogen and oxygen atoms in total. The SMILES string of the molecule is CCNc1ncc2c(n1)N(C)CCN(Cc1ccc(CN(C)C(=O)OC(C)(C)C)cc1)C2=O. The van der Waals surface area contributed by atoms with Gasteiger partial charge in [-0.15, -0.1) is 0 Å². The summed E-state index contributed by atoms with van der Waals surface area (Å²) in [7, 11) is 3.66. The first-order valence-corrected chi connectivity index (χ1v) is 11.2. The molecule has 0 fully saturated rings. The molecule has 2 amide bonds. The molecule has 9 heteroatoms. The summed E-state index contributed by atoms with van der Waals surface area (Å²) in [5.74, 6) is 1.09. The summed E-state index contributed by atoms with van der Waals surface area (Å²) in [6.07, 6.45) is 1.25. The van der Waals surface area contributed by atoms with Crippen molar-refractivity contribution < 1.29 is 14.3 Å². The number of carbonyl (C=O) groups is 2.